The van der Waals surface area contributed by atoms with Gasteiger partial charge in [0.05, 0.1) is 0 Å². The molecular weight excluding hydrogens is 328 g/mol. The standard InChI is InChI=1S/C18H21F2N3O2/c1-4-11(12-5-7-13(8-6-12)17(19)20)9-15(24)14-10-16(25)22-18(21-14)23(2)3/h5-8,10-11,17H,4,9H2,1-3H3,(H,21,22,25)/t11-/m0/s1. The number of nitrogens with zero attached hydrogens (tertiary/aromatic N) is 2. The zero-order chi connectivity index (χ0) is 18.6. The molecule has 1 atom stereocenters. The van der Waals surface area contributed by atoms with Crippen LogP contribution in [-0.4, -0.2) is 29.8 Å². The topological polar surface area (TPSA) is 66.1 Å². The van der Waals surface area contributed by atoms with Crippen molar-refractivity contribution in [2.24, 2.45) is 0 Å². The third-order valence-electron chi connectivity index (χ3n) is 4.02. The Kier molecular flexibility index (Phi) is 6.01. The predicted octanol–water partition coefficient (Wildman–Crippen LogP) is 3.54. The van der Waals surface area contributed by atoms with Gasteiger partial charge in [-0.1, -0.05) is 31.2 Å². The molecule has 1 aromatic heterocycles. The SMILES string of the molecule is CC[C@@H](CC(=O)c1cc(=O)[nH]c(N(C)C)n1)c1ccc(C(F)F)cc1. The Labute approximate surface area is 144 Å². The second kappa shape index (κ2) is 8.00. The lowest BCUT2D eigenvalue weighted by Crippen LogP contribution is -2.21. The molecule has 0 saturated heterocycles. The van der Waals surface area contributed by atoms with E-state index in [0.29, 0.717) is 12.4 Å². The van der Waals surface area contributed by atoms with Gasteiger partial charge in [0.15, 0.2) is 5.78 Å². The van der Waals surface area contributed by atoms with Gasteiger partial charge >= 0.3 is 0 Å². The maximum absolute atomic E-state index is 12.7. The monoisotopic (exact) mass is 349 g/mol. The van der Waals surface area contributed by atoms with Crippen molar-refractivity contribution in [2.75, 3.05) is 19.0 Å². The molecule has 5 nitrogen and oxygen atoms in total. The van der Waals surface area contributed by atoms with Crippen LogP contribution < -0.4 is 10.5 Å². The van der Waals surface area contributed by atoms with Crippen molar-refractivity contribution < 1.29 is 13.6 Å². The Balaban J connectivity index is 2.21. The molecule has 0 unspecified atom stereocenters. The Morgan fingerprint density at radius 3 is 2.32 bits per heavy atom. The number of aromatic nitrogens is 2. The lowest BCUT2D eigenvalue weighted by atomic mass is 9.90. The molecule has 25 heavy (non-hydrogen) atoms. The van der Waals surface area contributed by atoms with Gasteiger partial charge in [-0.3, -0.25) is 14.6 Å². The normalized spacial score (nSPS) is 12.2. The van der Waals surface area contributed by atoms with Gasteiger partial charge in [0.1, 0.15) is 5.69 Å². The molecule has 1 heterocycles. The van der Waals surface area contributed by atoms with Crippen molar-refractivity contribution in [3.63, 3.8) is 0 Å². The lowest BCUT2D eigenvalue weighted by molar-refractivity contribution is 0.0967. The Bertz CT molecular complexity index is 786. The third kappa shape index (κ3) is 4.71. The summed E-state index contributed by atoms with van der Waals surface area (Å²) in [6.45, 7) is 1.93. The highest BCUT2D eigenvalue weighted by atomic mass is 19.3. The molecule has 2 aromatic rings. The summed E-state index contributed by atoms with van der Waals surface area (Å²) in [7, 11) is 3.43. The van der Waals surface area contributed by atoms with E-state index in [1.807, 2.05) is 6.92 Å². The van der Waals surface area contributed by atoms with Crippen LogP contribution >= 0.6 is 0 Å². The highest BCUT2D eigenvalue weighted by molar-refractivity contribution is 5.94. The smallest absolute Gasteiger partial charge is 0.263 e. The van der Waals surface area contributed by atoms with E-state index in [4.69, 9.17) is 0 Å². The molecule has 1 N–H and O–H groups in total. The molecule has 0 aliphatic heterocycles. The summed E-state index contributed by atoms with van der Waals surface area (Å²) in [5, 5.41) is 0. The van der Waals surface area contributed by atoms with Gasteiger partial charge in [-0.05, 0) is 17.9 Å². The Hall–Kier alpha value is -2.57. The molecule has 2 rings (SSSR count). The van der Waals surface area contributed by atoms with Gasteiger partial charge < -0.3 is 4.90 Å². The summed E-state index contributed by atoms with van der Waals surface area (Å²) in [4.78, 5) is 32.6. The van der Waals surface area contributed by atoms with Crippen LogP contribution in [-0.2, 0) is 0 Å². The number of anilines is 1. The van der Waals surface area contributed by atoms with E-state index in [9.17, 15) is 18.4 Å². The lowest BCUT2D eigenvalue weighted by Gasteiger charge is -2.16. The number of halogens is 2. The first-order valence-electron chi connectivity index (χ1n) is 8.01. The van der Waals surface area contributed by atoms with Crippen LogP contribution in [0.4, 0.5) is 14.7 Å². The van der Waals surface area contributed by atoms with Crippen molar-refractivity contribution in [3.8, 4) is 0 Å². The van der Waals surface area contributed by atoms with Crippen LogP contribution in [0.3, 0.4) is 0 Å². The second-order valence-electron chi connectivity index (χ2n) is 6.05. The van der Waals surface area contributed by atoms with Crippen LogP contribution in [0.2, 0.25) is 0 Å². The Morgan fingerprint density at radius 2 is 1.80 bits per heavy atom. The van der Waals surface area contributed by atoms with E-state index in [2.05, 4.69) is 9.97 Å². The van der Waals surface area contributed by atoms with E-state index in [-0.39, 0.29) is 29.4 Å². The van der Waals surface area contributed by atoms with Crippen LogP contribution in [0.15, 0.2) is 35.1 Å². The van der Waals surface area contributed by atoms with Crippen molar-refractivity contribution in [1.82, 2.24) is 9.97 Å². The number of carbonyl (C=O) groups is 1. The van der Waals surface area contributed by atoms with Gasteiger partial charge in [-0.15, -0.1) is 0 Å². The van der Waals surface area contributed by atoms with Gasteiger partial charge in [0.2, 0.25) is 5.95 Å². The number of rotatable bonds is 7. The highest BCUT2D eigenvalue weighted by Crippen LogP contribution is 2.27. The molecule has 0 aliphatic carbocycles. The molecule has 0 saturated carbocycles. The summed E-state index contributed by atoms with van der Waals surface area (Å²) in [5.74, 6) is -0.0627. The fourth-order valence-corrected chi connectivity index (χ4v) is 2.54. The number of nitrogens with one attached hydrogen (secondary N) is 1. The molecular formula is C18H21F2N3O2. The molecule has 1 aromatic carbocycles. The second-order valence-corrected chi connectivity index (χ2v) is 6.05. The molecule has 0 amide bonds. The largest absolute Gasteiger partial charge is 0.348 e. The number of alkyl halides is 2. The van der Waals surface area contributed by atoms with Gasteiger partial charge in [0, 0.05) is 32.1 Å². The summed E-state index contributed by atoms with van der Waals surface area (Å²) >= 11 is 0. The summed E-state index contributed by atoms with van der Waals surface area (Å²) < 4.78 is 25.3. The maximum atomic E-state index is 12.7. The number of carbonyl (C=O) groups excluding carboxylic acids is 1. The van der Waals surface area contributed by atoms with E-state index in [1.165, 1.54) is 18.2 Å². The molecule has 0 fully saturated rings. The van der Waals surface area contributed by atoms with Crippen LogP contribution in [0, 0.1) is 0 Å². The van der Waals surface area contributed by atoms with E-state index in [0.717, 1.165) is 5.56 Å². The number of Topliss-reactive ketones (excluding diaryl/α,β-unsaturated/α-hetero) is 1. The molecule has 0 bridgehead atoms. The van der Waals surface area contributed by atoms with E-state index in [1.54, 1.807) is 31.1 Å². The molecule has 0 radical (unpaired) electrons. The zero-order valence-electron chi connectivity index (χ0n) is 14.4. The van der Waals surface area contributed by atoms with Crippen molar-refractivity contribution in [2.45, 2.75) is 32.1 Å². The van der Waals surface area contributed by atoms with Gasteiger partial charge in [-0.2, -0.15) is 0 Å². The predicted molar refractivity (Wildman–Crippen MR) is 92.6 cm³/mol. The van der Waals surface area contributed by atoms with E-state index < -0.39 is 12.0 Å². The number of hydrogen-bond acceptors (Lipinski definition) is 4. The van der Waals surface area contributed by atoms with E-state index >= 15 is 0 Å². The number of benzene rings is 1. The van der Waals surface area contributed by atoms with Crippen molar-refractivity contribution in [1.29, 1.82) is 0 Å². The summed E-state index contributed by atoms with van der Waals surface area (Å²) in [5.41, 5.74) is 0.487. The molecule has 0 spiro atoms. The quantitative estimate of drug-likeness (QED) is 0.777. The van der Waals surface area contributed by atoms with Crippen molar-refractivity contribution >= 4 is 11.7 Å². The number of H-pyrrole nitrogens is 1. The van der Waals surface area contributed by atoms with Crippen LogP contribution in [0.1, 0.15) is 53.7 Å². The fraction of sp³-hybridized carbons (Fsp3) is 0.389. The minimum Gasteiger partial charge on any atom is -0.348 e. The van der Waals surface area contributed by atoms with Crippen molar-refractivity contribution in [3.05, 3.63) is 57.5 Å². The average Bonchev–Trinajstić information content (AvgIpc) is 2.58. The zero-order valence-corrected chi connectivity index (χ0v) is 14.4. The first-order valence-corrected chi connectivity index (χ1v) is 8.01. The maximum Gasteiger partial charge on any atom is 0.263 e. The molecule has 0 aliphatic rings. The van der Waals surface area contributed by atoms with Crippen LogP contribution in [0.25, 0.3) is 0 Å². The highest BCUT2D eigenvalue weighted by Gasteiger charge is 2.19. The minimum absolute atomic E-state index is 0.0446. The minimum atomic E-state index is -2.51. The number of ketones is 1. The molecule has 134 valence electrons. The Morgan fingerprint density at radius 1 is 1.20 bits per heavy atom. The summed E-state index contributed by atoms with van der Waals surface area (Å²) in [6.07, 6.45) is -1.68. The first kappa shape index (κ1) is 18.8. The van der Waals surface area contributed by atoms with Crippen LogP contribution in [0.5, 0.6) is 0 Å². The first-order chi connectivity index (χ1) is 11.8. The fourth-order valence-electron chi connectivity index (χ4n) is 2.54. The average molecular weight is 349 g/mol. The summed E-state index contributed by atoms with van der Waals surface area (Å²) in [6, 6.07) is 7.19. The third-order valence-corrected chi connectivity index (χ3v) is 4.02. The number of aromatic amines is 1. The molecule has 7 heteroatoms. The number of hydrogen-bond donors (Lipinski definition) is 1. The van der Waals surface area contributed by atoms with Gasteiger partial charge in [0.25, 0.3) is 12.0 Å². The van der Waals surface area contributed by atoms with Gasteiger partial charge in [-0.25, -0.2) is 13.8 Å².